The molecule has 0 aliphatic carbocycles. The van der Waals surface area contributed by atoms with Crippen LogP contribution in [0.25, 0.3) is 0 Å². The number of hydrogen-bond acceptors (Lipinski definition) is 4. The summed E-state index contributed by atoms with van der Waals surface area (Å²) in [6, 6.07) is 0. The van der Waals surface area contributed by atoms with Crippen LogP contribution < -0.4 is 5.32 Å². The lowest BCUT2D eigenvalue weighted by atomic mass is 10.2. The fourth-order valence-electron chi connectivity index (χ4n) is 0.951. The van der Waals surface area contributed by atoms with Crippen LogP contribution in [0.3, 0.4) is 0 Å². The van der Waals surface area contributed by atoms with Crippen molar-refractivity contribution in [2.45, 2.75) is 25.4 Å². The molecule has 0 fully saturated rings. The molecule has 0 aliphatic heterocycles. The molecule has 0 radical (unpaired) electrons. The Hall–Kier alpha value is -0.630. The van der Waals surface area contributed by atoms with Crippen LogP contribution in [0.4, 0.5) is 18.3 Å². The summed E-state index contributed by atoms with van der Waals surface area (Å²) in [5.74, 6) is 0. The van der Waals surface area contributed by atoms with E-state index in [9.17, 15) is 13.2 Å². The van der Waals surface area contributed by atoms with Gasteiger partial charge in [0.15, 0.2) is 3.95 Å². The van der Waals surface area contributed by atoms with Gasteiger partial charge in [-0.25, -0.2) is 0 Å². The number of nitrogens with zero attached hydrogens (tertiary/aromatic N) is 1. The molecule has 1 heterocycles. The molecule has 1 aromatic rings. The molecule has 15 heavy (non-hydrogen) atoms. The van der Waals surface area contributed by atoms with Crippen molar-refractivity contribution in [1.82, 2.24) is 10.2 Å². The van der Waals surface area contributed by atoms with Gasteiger partial charge in [0.2, 0.25) is 5.13 Å². The van der Waals surface area contributed by atoms with Crippen LogP contribution in [0.2, 0.25) is 0 Å². The van der Waals surface area contributed by atoms with Crippen LogP contribution >= 0.6 is 23.6 Å². The lowest BCUT2D eigenvalue weighted by molar-refractivity contribution is -0.135. The van der Waals surface area contributed by atoms with Crippen LogP contribution in [0, 0.1) is 3.95 Å². The maximum absolute atomic E-state index is 11.8. The number of H-pyrrole nitrogens is 1. The highest BCUT2D eigenvalue weighted by molar-refractivity contribution is 7.73. The molecule has 0 unspecified atom stereocenters. The summed E-state index contributed by atoms with van der Waals surface area (Å²) >= 11 is 6.06. The van der Waals surface area contributed by atoms with Crippen LogP contribution in [0.1, 0.15) is 19.3 Å². The highest BCUT2D eigenvalue weighted by Gasteiger charge is 2.25. The lowest BCUT2D eigenvalue weighted by Gasteiger charge is -2.05. The molecule has 0 aromatic carbocycles. The van der Waals surface area contributed by atoms with E-state index in [-0.39, 0.29) is 6.42 Å². The van der Waals surface area contributed by atoms with Crippen molar-refractivity contribution < 1.29 is 13.2 Å². The van der Waals surface area contributed by atoms with E-state index in [4.69, 9.17) is 12.2 Å². The molecule has 0 atom stereocenters. The van der Waals surface area contributed by atoms with Crippen LogP contribution in [-0.2, 0) is 0 Å². The quantitative estimate of drug-likeness (QED) is 0.628. The summed E-state index contributed by atoms with van der Waals surface area (Å²) in [6.45, 7) is 0.478. The second-order valence-corrected chi connectivity index (χ2v) is 4.58. The van der Waals surface area contributed by atoms with E-state index >= 15 is 0 Å². The molecule has 0 saturated carbocycles. The molecule has 0 aliphatic rings. The first kappa shape index (κ1) is 12.4. The monoisotopic (exact) mass is 257 g/mol. The summed E-state index contributed by atoms with van der Waals surface area (Å²) in [6.07, 6.45) is -4.19. The minimum absolute atomic E-state index is 0.131. The average molecular weight is 257 g/mol. The number of aromatic nitrogens is 2. The molecule has 1 rings (SSSR count). The Morgan fingerprint density at radius 1 is 1.40 bits per heavy atom. The number of nitrogens with one attached hydrogen (secondary N) is 2. The van der Waals surface area contributed by atoms with Gasteiger partial charge in [-0.3, -0.25) is 5.10 Å². The Kier molecular flexibility index (Phi) is 4.52. The second kappa shape index (κ2) is 5.45. The zero-order chi connectivity index (χ0) is 11.3. The Morgan fingerprint density at radius 3 is 2.67 bits per heavy atom. The molecule has 0 spiro atoms. The normalized spacial score (nSPS) is 11.7. The molecular formula is C7H10F3N3S2. The third kappa shape index (κ3) is 5.73. The third-order valence-corrected chi connectivity index (χ3v) is 2.65. The maximum atomic E-state index is 11.8. The summed E-state index contributed by atoms with van der Waals surface area (Å²) in [5, 5.41) is 9.90. The van der Waals surface area contributed by atoms with E-state index in [0.29, 0.717) is 22.1 Å². The largest absolute Gasteiger partial charge is 0.389 e. The standard InChI is InChI=1S/C7H10F3N3S2/c8-7(9,10)3-1-2-4-11-5-12-13-6(14)15-5/h1-4H2,(H,11,12)(H,13,14). The maximum Gasteiger partial charge on any atom is 0.389 e. The molecule has 2 N–H and O–H groups in total. The first-order chi connectivity index (χ1) is 6.97. The number of aromatic amines is 1. The van der Waals surface area contributed by atoms with Gasteiger partial charge in [-0.05, 0) is 25.1 Å². The average Bonchev–Trinajstić information content (AvgIpc) is 2.49. The summed E-state index contributed by atoms with van der Waals surface area (Å²) in [5.41, 5.74) is 0. The zero-order valence-corrected chi connectivity index (χ0v) is 9.36. The smallest absolute Gasteiger partial charge is 0.360 e. The van der Waals surface area contributed by atoms with E-state index in [1.165, 1.54) is 11.3 Å². The molecule has 86 valence electrons. The summed E-state index contributed by atoms with van der Waals surface area (Å²) in [7, 11) is 0. The molecule has 0 amide bonds. The van der Waals surface area contributed by atoms with E-state index in [1.807, 2.05) is 0 Å². The van der Waals surface area contributed by atoms with E-state index in [1.54, 1.807) is 0 Å². The number of hydrogen-bond donors (Lipinski definition) is 2. The van der Waals surface area contributed by atoms with E-state index < -0.39 is 12.6 Å². The van der Waals surface area contributed by atoms with Gasteiger partial charge >= 0.3 is 6.18 Å². The fourth-order valence-corrected chi connectivity index (χ4v) is 1.77. The van der Waals surface area contributed by atoms with Crippen LogP contribution in [-0.4, -0.2) is 22.9 Å². The molecule has 0 saturated heterocycles. The third-order valence-electron chi connectivity index (χ3n) is 1.60. The number of rotatable bonds is 5. The van der Waals surface area contributed by atoms with Gasteiger partial charge in [-0.2, -0.15) is 13.2 Å². The number of halogens is 3. The van der Waals surface area contributed by atoms with Crippen molar-refractivity contribution in [2.24, 2.45) is 0 Å². The minimum atomic E-state index is -4.05. The van der Waals surface area contributed by atoms with E-state index in [2.05, 4.69) is 15.5 Å². The lowest BCUT2D eigenvalue weighted by Crippen LogP contribution is -2.08. The van der Waals surface area contributed by atoms with Crippen molar-refractivity contribution in [3.05, 3.63) is 3.95 Å². The predicted molar refractivity (Wildman–Crippen MR) is 55.7 cm³/mol. The number of unbranched alkanes of at least 4 members (excludes halogenated alkanes) is 1. The first-order valence-corrected chi connectivity index (χ1v) is 5.56. The second-order valence-electron chi connectivity index (χ2n) is 2.92. The van der Waals surface area contributed by atoms with E-state index in [0.717, 1.165) is 0 Å². The first-order valence-electron chi connectivity index (χ1n) is 4.33. The molecular weight excluding hydrogens is 247 g/mol. The minimum Gasteiger partial charge on any atom is -0.360 e. The Labute approximate surface area is 93.7 Å². The Morgan fingerprint density at radius 2 is 2.13 bits per heavy atom. The molecule has 8 heteroatoms. The molecule has 1 aromatic heterocycles. The van der Waals surface area contributed by atoms with Gasteiger partial charge in [0, 0.05) is 13.0 Å². The van der Waals surface area contributed by atoms with Crippen molar-refractivity contribution in [3.8, 4) is 0 Å². The summed E-state index contributed by atoms with van der Waals surface area (Å²) < 4.78 is 35.8. The highest BCUT2D eigenvalue weighted by Crippen LogP contribution is 2.22. The highest BCUT2D eigenvalue weighted by atomic mass is 32.1. The SMILES string of the molecule is FC(F)(F)CCCCNc1n[nH]c(=S)s1. The van der Waals surface area contributed by atoms with Crippen molar-refractivity contribution in [2.75, 3.05) is 11.9 Å². The van der Waals surface area contributed by atoms with Crippen molar-refractivity contribution in [1.29, 1.82) is 0 Å². The fraction of sp³-hybridized carbons (Fsp3) is 0.714. The molecule has 0 bridgehead atoms. The predicted octanol–water partition coefficient (Wildman–Crippen LogP) is 3.35. The van der Waals surface area contributed by atoms with Crippen LogP contribution in [0.5, 0.6) is 0 Å². The van der Waals surface area contributed by atoms with Gasteiger partial charge < -0.3 is 5.32 Å². The van der Waals surface area contributed by atoms with Gasteiger partial charge in [0.1, 0.15) is 0 Å². The topological polar surface area (TPSA) is 40.7 Å². The van der Waals surface area contributed by atoms with Gasteiger partial charge in [-0.1, -0.05) is 11.3 Å². The molecule has 3 nitrogen and oxygen atoms in total. The van der Waals surface area contributed by atoms with Gasteiger partial charge in [-0.15, -0.1) is 5.10 Å². The van der Waals surface area contributed by atoms with Crippen molar-refractivity contribution >= 4 is 28.7 Å². The number of anilines is 1. The summed E-state index contributed by atoms with van der Waals surface area (Å²) in [4.78, 5) is 0. The Bertz CT molecular complexity index is 344. The van der Waals surface area contributed by atoms with Gasteiger partial charge in [0.05, 0.1) is 0 Å². The zero-order valence-electron chi connectivity index (χ0n) is 7.73. The van der Waals surface area contributed by atoms with Crippen molar-refractivity contribution in [3.63, 3.8) is 0 Å². The number of alkyl halides is 3. The van der Waals surface area contributed by atoms with Crippen LogP contribution in [0.15, 0.2) is 0 Å². The Balaban J connectivity index is 2.10. The van der Waals surface area contributed by atoms with Gasteiger partial charge in [0.25, 0.3) is 0 Å².